The quantitative estimate of drug-likeness (QED) is 0.730. The van der Waals surface area contributed by atoms with Gasteiger partial charge in [-0.2, -0.15) is 0 Å². The second-order valence-corrected chi connectivity index (χ2v) is 6.86. The van der Waals surface area contributed by atoms with Gasteiger partial charge in [0.05, 0.1) is 30.9 Å². The van der Waals surface area contributed by atoms with Crippen molar-refractivity contribution >= 4 is 16.9 Å². The van der Waals surface area contributed by atoms with Gasteiger partial charge in [0, 0.05) is 25.7 Å². The number of amides is 1. The Bertz CT molecular complexity index is 1020. The van der Waals surface area contributed by atoms with Crippen molar-refractivity contribution in [2.45, 2.75) is 13.0 Å². The molecule has 0 spiro atoms. The molecule has 1 amide bonds. The van der Waals surface area contributed by atoms with Gasteiger partial charge in [-0.05, 0) is 36.8 Å². The van der Waals surface area contributed by atoms with Gasteiger partial charge in [0.25, 0.3) is 5.91 Å². The van der Waals surface area contributed by atoms with Crippen molar-refractivity contribution < 1.29 is 18.4 Å². The molecule has 28 heavy (non-hydrogen) atoms. The zero-order valence-corrected chi connectivity index (χ0v) is 15.6. The summed E-state index contributed by atoms with van der Waals surface area (Å²) in [7, 11) is 0. The van der Waals surface area contributed by atoms with Crippen molar-refractivity contribution in [1.29, 1.82) is 0 Å². The number of rotatable bonds is 5. The number of nitrogens with one attached hydrogen (secondary N) is 1. The first-order chi connectivity index (χ1) is 13.6. The Morgan fingerprint density at radius 3 is 2.79 bits per heavy atom. The molecule has 0 unspecified atom stereocenters. The number of ether oxygens (including phenoxy) is 1. The van der Waals surface area contributed by atoms with E-state index >= 15 is 0 Å². The Hall–Kier alpha value is -2.90. The lowest BCUT2D eigenvalue weighted by atomic mass is 10.1. The highest BCUT2D eigenvalue weighted by molar-refractivity contribution is 5.93. The molecule has 1 saturated heterocycles. The van der Waals surface area contributed by atoms with Gasteiger partial charge < -0.3 is 18.9 Å². The Kier molecular flexibility index (Phi) is 5.27. The minimum absolute atomic E-state index is 0.00303. The van der Waals surface area contributed by atoms with E-state index in [1.54, 1.807) is 18.4 Å². The lowest BCUT2D eigenvalue weighted by Gasteiger charge is -2.33. The highest BCUT2D eigenvalue weighted by Crippen LogP contribution is 2.22. The van der Waals surface area contributed by atoms with Crippen molar-refractivity contribution in [2.75, 3.05) is 32.8 Å². The van der Waals surface area contributed by atoms with Crippen LogP contribution in [0.15, 0.2) is 56.3 Å². The van der Waals surface area contributed by atoms with Gasteiger partial charge in [0.2, 0.25) is 0 Å². The number of hydrogen-bond acceptors (Lipinski definition) is 6. The van der Waals surface area contributed by atoms with Crippen LogP contribution in [0.3, 0.4) is 0 Å². The summed E-state index contributed by atoms with van der Waals surface area (Å²) in [5.74, 6) is 0.353. The zero-order valence-electron chi connectivity index (χ0n) is 15.6. The number of fused-ring (bicyclic) bond motifs is 1. The fraction of sp³-hybridized carbons (Fsp3) is 0.333. The van der Waals surface area contributed by atoms with E-state index in [4.69, 9.17) is 13.6 Å². The average molecular weight is 382 g/mol. The van der Waals surface area contributed by atoms with Crippen molar-refractivity contribution in [3.8, 4) is 0 Å². The Morgan fingerprint density at radius 2 is 2.04 bits per heavy atom. The van der Waals surface area contributed by atoms with Gasteiger partial charge in [-0.25, -0.2) is 0 Å². The van der Waals surface area contributed by atoms with E-state index in [0.29, 0.717) is 30.7 Å². The van der Waals surface area contributed by atoms with Crippen LogP contribution in [0.4, 0.5) is 0 Å². The maximum Gasteiger partial charge on any atom is 0.287 e. The molecule has 1 aliphatic heterocycles. The summed E-state index contributed by atoms with van der Waals surface area (Å²) >= 11 is 0. The standard InChI is InChI=1S/C21H22N2O5/c1-14-4-5-15-17(24)12-20(28-19(15)11-14)21(25)22-13-16(18-3-2-8-27-18)23-6-9-26-10-7-23/h2-5,8,11-12,16H,6-7,9-10,13H2,1H3,(H,22,25)/t16-/m0/s1. The topological polar surface area (TPSA) is 84.9 Å². The fourth-order valence-electron chi connectivity index (χ4n) is 3.43. The van der Waals surface area contributed by atoms with Crippen LogP contribution in [-0.4, -0.2) is 43.7 Å². The van der Waals surface area contributed by atoms with E-state index in [1.165, 1.54) is 6.07 Å². The SMILES string of the molecule is Cc1ccc2c(=O)cc(C(=O)NC[C@@H](c3ccco3)N3CCOCC3)oc2c1. The van der Waals surface area contributed by atoms with Crippen molar-refractivity contribution in [2.24, 2.45) is 0 Å². The second kappa shape index (κ2) is 8.00. The molecule has 1 aliphatic rings. The number of morpholine rings is 1. The summed E-state index contributed by atoms with van der Waals surface area (Å²) in [4.78, 5) is 27.2. The number of carbonyl (C=O) groups is 1. The summed E-state index contributed by atoms with van der Waals surface area (Å²) in [5, 5.41) is 3.34. The normalized spacial score (nSPS) is 16.2. The minimum atomic E-state index is -0.426. The summed E-state index contributed by atoms with van der Waals surface area (Å²) in [6.07, 6.45) is 1.62. The Morgan fingerprint density at radius 1 is 1.21 bits per heavy atom. The first kappa shape index (κ1) is 18.5. The number of carbonyl (C=O) groups excluding carboxylic acids is 1. The van der Waals surface area contributed by atoms with Crippen LogP contribution in [0.25, 0.3) is 11.0 Å². The Labute approximate surface area is 161 Å². The molecule has 1 N–H and O–H groups in total. The van der Waals surface area contributed by atoms with Crippen molar-refractivity contribution in [3.63, 3.8) is 0 Å². The maximum atomic E-state index is 12.7. The molecule has 0 saturated carbocycles. The molecule has 7 nitrogen and oxygen atoms in total. The van der Waals surface area contributed by atoms with Gasteiger partial charge in [-0.3, -0.25) is 14.5 Å². The fourth-order valence-corrected chi connectivity index (χ4v) is 3.43. The molecule has 1 fully saturated rings. The number of benzene rings is 1. The lowest BCUT2D eigenvalue weighted by molar-refractivity contribution is 0.0117. The summed E-state index contributed by atoms with van der Waals surface area (Å²) in [6.45, 7) is 5.04. The van der Waals surface area contributed by atoms with Gasteiger partial charge in [-0.1, -0.05) is 6.07 Å². The molecule has 2 aromatic heterocycles. The molecule has 146 valence electrons. The van der Waals surface area contributed by atoms with Gasteiger partial charge >= 0.3 is 0 Å². The van der Waals surface area contributed by atoms with Crippen LogP contribution in [-0.2, 0) is 4.74 Å². The average Bonchev–Trinajstić information content (AvgIpc) is 3.23. The van der Waals surface area contributed by atoms with Crippen LogP contribution in [0, 0.1) is 6.92 Å². The smallest absolute Gasteiger partial charge is 0.287 e. The van der Waals surface area contributed by atoms with E-state index in [-0.39, 0.29) is 17.2 Å². The van der Waals surface area contributed by atoms with E-state index in [1.807, 2.05) is 25.1 Å². The number of furan rings is 1. The zero-order chi connectivity index (χ0) is 19.5. The summed E-state index contributed by atoms with van der Waals surface area (Å²) in [6, 6.07) is 10.2. The monoisotopic (exact) mass is 382 g/mol. The molecule has 1 aromatic carbocycles. The van der Waals surface area contributed by atoms with Gasteiger partial charge in [0.1, 0.15) is 11.3 Å². The van der Waals surface area contributed by atoms with E-state index in [9.17, 15) is 9.59 Å². The molecule has 3 aromatic rings. The van der Waals surface area contributed by atoms with E-state index in [2.05, 4.69) is 10.2 Å². The molecule has 3 heterocycles. The third-order valence-corrected chi connectivity index (χ3v) is 4.92. The number of aryl methyl sites for hydroxylation is 1. The van der Waals surface area contributed by atoms with Gasteiger partial charge in [-0.15, -0.1) is 0 Å². The van der Waals surface area contributed by atoms with Crippen LogP contribution in [0.5, 0.6) is 0 Å². The van der Waals surface area contributed by atoms with Crippen LogP contribution in [0.1, 0.15) is 27.9 Å². The van der Waals surface area contributed by atoms with Crippen LogP contribution < -0.4 is 10.7 Å². The molecule has 0 bridgehead atoms. The molecule has 0 radical (unpaired) electrons. The highest BCUT2D eigenvalue weighted by Gasteiger charge is 2.26. The predicted octanol–water partition coefficient (Wildman–Crippen LogP) is 2.50. The van der Waals surface area contributed by atoms with E-state index < -0.39 is 5.91 Å². The van der Waals surface area contributed by atoms with Crippen LogP contribution in [0.2, 0.25) is 0 Å². The third-order valence-electron chi connectivity index (χ3n) is 4.92. The number of hydrogen-bond donors (Lipinski definition) is 1. The minimum Gasteiger partial charge on any atom is -0.468 e. The second-order valence-electron chi connectivity index (χ2n) is 6.86. The lowest BCUT2D eigenvalue weighted by Crippen LogP contribution is -2.43. The van der Waals surface area contributed by atoms with Crippen molar-refractivity contribution in [1.82, 2.24) is 10.2 Å². The predicted molar refractivity (Wildman–Crippen MR) is 103 cm³/mol. The molecular formula is C21H22N2O5. The van der Waals surface area contributed by atoms with Crippen LogP contribution >= 0.6 is 0 Å². The Balaban J connectivity index is 1.53. The molecular weight excluding hydrogens is 360 g/mol. The largest absolute Gasteiger partial charge is 0.468 e. The molecule has 7 heteroatoms. The molecule has 4 rings (SSSR count). The summed E-state index contributed by atoms with van der Waals surface area (Å²) < 4.78 is 16.7. The third kappa shape index (κ3) is 3.85. The van der Waals surface area contributed by atoms with E-state index in [0.717, 1.165) is 24.4 Å². The van der Waals surface area contributed by atoms with Crippen molar-refractivity contribution in [3.05, 3.63) is 70.0 Å². The first-order valence-electron chi connectivity index (χ1n) is 9.30. The first-order valence-corrected chi connectivity index (χ1v) is 9.30. The maximum absolute atomic E-state index is 12.7. The molecule has 1 atom stereocenters. The summed E-state index contributed by atoms with van der Waals surface area (Å²) in [5.41, 5.74) is 1.13. The van der Waals surface area contributed by atoms with Gasteiger partial charge in [0.15, 0.2) is 11.2 Å². The molecule has 0 aliphatic carbocycles. The highest BCUT2D eigenvalue weighted by atomic mass is 16.5. The number of nitrogens with zero attached hydrogens (tertiary/aromatic N) is 1.